The van der Waals surface area contributed by atoms with Gasteiger partial charge >= 0.3 is 5.97 Å². The molecule has 4 heteroatoms. The summed E-state index contributed by atoms with van der Waals surface area (Å²) in [6, 6.07) is 6.06. The first-order chi connectivity index (χ1) is 10.5. The van der Waals surface area contributed by atoms with Crippen LogP contribution >= 0.6 is 0 Å². The lowest BCUT2D eigenvalue weighted by Crippen LogP contribution is -2.56. The summed E-state index contributed by atoms with van der Waals surface area (Å²) in [6.07, 6.45) is 4.62. The molecule has 0 saturated heterocycles. The quantitative estimate of drug-likeness (QED) is 0.870. The van der Waals surface area contributed by atoms with Gasteiger partial charge in [0.2, 0.25) is 5.91 Å². The Balaban J connectivity index is 2.09. The summed E-state index contributed by atoms with van der Waals surface area (Å²) in [5.74, 6) is -0.430. The summed E-state index contributed by atoms with van der Waals surface area (Å²) in [5, 5.41) is 2.96. The summed E-state index contributed by atoms with van der Waals surface area (Å²) >= 11 is 0. The molecule has 2 rings (SSSR count). The summed E-state index contributed by atoms with van der Waals surface area (Å²) in [7, 11) is 1.38. The molecule has 0 radical (unpaired) electrons. The second-order valence-corrected chi connectivity index (χ2v) is 6.29. The van der Waals surface area contributed by atoms with Crippen LogP contribution in [-0.4, -0.2) is 24.5 Å². The van der Waals surface area contributed by atoms with Crippen molar-refractivity contribution in [2.75, 3.05) is 7.11 Å². The van der Waals surface area contributed by atoms with E-state index in [2.05, 4.69) is 11.4 Å². The molecule has 0 atom stereocenters. The van der Waals surface area contributed by atoms with E-state index in [1.807, 2.05) is 26.0 Å². The zero-order chi connectivity index (χ0) is 16.2. The monoisotopic (exact) mass is 303 g/mol. The van der Waals surface area contributed by atoms with Crippen LogP contribution in [0.2, 0.25) is 0 Å². The molecule has 1 N–H and O–H groups in total. The molecule has 0 unspecified atom stereocenters. The number of nitrogens with one attached hydrogen (secondary N) is 1. The molecular formula is C18H25NO3. The zero-order valence-electron chi connectivity index (χ0n) is 13.7. The maximum atomic E-state index is 12.4. The Labute approximate surface area is 132 Å². The topological polar surface area (TPSA) is 55.4 Å². The highest BCUT2D eigenvalue weighted by Gasteiger charge is 2.41. The molecule has 0 aromatic heterocycles. The third-order valence-electron chi connectivity index (χ3n) is 4.51. The van der Waals surface area contributed by atoms with Gasteiger partial charge in [0.1, 0.15) is 5.54 Å². The van der Waals surface area contributed by atoms with Crippen molar-refractivity contribution in [3.05, 3.63) is 34.9 Å². The van der Waals surface area contributed by atoms with Gasteiger partial charge < -0.3 is 10.1 Å². The molecule has 1 aliphatic rings. The standard InChI is InChI=1S/C18H25NO3/c1-13-7-8-15(14(2)11-13)12-16(20)19-18(17(21)22-3)9-5-4-6-10-18/h7-8,11H,4-6,9-10,12H2,1-3H3,(H,19,20). The number of carbonyl (C=O) groups excluding carboxylic acids is 2. The molecule has 1 aliphatic carbocycles. The number of hydrogen-bond acceptors (Lipinski definition) is 3. The van der Waals surface area contributed by atoms with Gasteiger partial charge in [-0.05, 0) is 37.8 Å². The molecule has 1 amide bonds. The highest BCUT2D eigenvalue weighted by Crippen LogP contribution is 2.29. The number of benzene rings is 1. The minimum absolute atomic E-state index is 0.112. The molecule has 1 aromatic carbocycles. The van der Waals surface area contributed by atoms with Crippen molar-refractivity contribution in [1.29, 1.82) is 0 Å². The lowest BCUT2D eigenvalue weighted by Gasteiger charge is -2.35. The van der Waals surface area contributed by atoms with E-state index in [9.17, 15) is 9.59 Å². The summed E-state index contributed by atoms with van der Waals surface area (Å²) in [6.45, 7) is 4.04. The van der Waals surface area contributed by atoms with Crippen LogP contribution in [0.1, 0.15) is 48.8 Å². The van der Waals surface area contributed by atoms with E-state index < -0.39 is 5.54 Å². The lowest BCUT2D eigenvalue weighted by atomic mass is 9.81. The van der Waals surface area contributed by atoms with E-state index in [4.69, 9.17) is 4.74 Å². The van der Waals surface area contributed by atoms with Crippen LogP contribution < -0.4 is 5.32 Å². The van der Waals surface area contributed by atoms with Crippen LogP contribution in [0.25, 0.3) is 0 Å². The second kappa shape index (κ2) is 6.95. The van der Waals surface area contributed by atoms with E-state index in [-0.39, 0.29) is 11.9 Å². The molecule has 0 bridgehead atoms. The fourth-order valence-electron chi connectivity index (χ4n) is 3.26. The summed E-state index contributed by atoms with van der Waals surface area (Å²) in [5.41, 5.74) is 2.45. The Morgan fingerprint density at radius 2 is 1.86 bits per heavy atom. The average Bonchev–Trinajstić information content (AvgIpc) is 2.50. The van der Waals surface area contributed by atoms with Gasteiger partial charge in [-0.3, -0.25) is 4.79 Å². The van der Waals surface area contributed by atoms with E-state index in [1.54, 1.807) is 0 Å². The van der Waals surface area contributed by atoms with Crippen LogP contribution in [-0.2, 0) is 20.7 Å². The van der Waals surface area contributed by atoms with Crippen LogP contribution in [0.5, 0.6) is 0 Å². The lowest BCUT2D eigenvalue weighted by molar-refractivity contribution is -0.152. The van der Waals surface area contributed by atoms with E-state index in [0.717, 1.165) is 30.4 Å². The number of hydrogen-bond donors (Lipinski definition) is 1. The third-order valence-corrected chi connectivity index (χ3v) is 4.51. The predicted octanol–water partition coefficient (Wildman–Crippen LogP) is 2.84. The van der Waals surface area contributed by atoms with Gasteiger partial charge in [0.05, 0.1) is 13.5 Å². The fourth-order valence-corrected chi connectivity index (χ4v) is 3.26. The Morgan fingerprint density at radius 1 is 1.18 bits per heavy atom. The number of ether oxygens (including phenoxy) is 1. The number of rotatable bonds is 4. The van der Waals surface area contributed by atoms with Crippen LogP contribution in [0.4, 0.5) is 0 Å². The molecule has 0 heterocycles. The third kappa shape index (κ3) is 3.67. The van der Waals surface area contributed by atoms with E-state index in [0.29, 0.717) is 19.3 Å². The normalized spacial score (nSPS) is 16.9. The number of carbonyl (C=O) groups is 2. The van der Waals surface area contributed by atoms with Crippen LogP contribution in [0.15, 0.2) is 18.2 Å². The molecule has 0 aliphatic heterocycles. The minimum atomic E-state index is -0.831. The van der Waals surface area contributed by atoms with E-state index in [1.165, 1.54) is 12.7 Å². The second-order valence-electron chi connectivity index (χ2n) is 6.29. The number of methoxy groups -OCH3 is 1. The highest BCUT2D eigenvalue weighted by atomic mass is 16.5. The van der Waals surface area contributed by atoms with Crippen LogP contribution in [0, 0.1) is 13.8 Å². The van der Waals surface area contributed by atoms with E-state index >= 15 is 0 Å². The number of aryl methyl sites for hydroxylation is 2. The van der Waals surface area contributed by atoms with Gasteiger partial charge in [0, 0.05) is 0 Å². The molecule has 120 valence electrons. The number of esters is 1. The maximum Gasteiger partial charge on any atom is 0.331 e. The van der Waals surface area contributed by atoms with Gasteiger partial charge in [-0.25, -0.2) is 4.79 Å². The molecular weight excluding hydrogens is 278 g/mol. The van der Waals surface area contributed by atoms with Crippen molar-refractivity contribution in [1.82, 2.24) is 5.32 Å². The van der Waals surface area contributed by atoms with Gasteiger partial charge in [0.15, 0.2) is 0 Å². The molecule has 1 aromatic rings. The van der Waals surface area contributed by atoms with Gasteiger partial charge in [-0.1, -0.05) is 43.0 Å². The fraction of sp³-hybridized carbons (Fsp3) is 0.556. The van der Waals surface area contributed by atoms with Crippen molar-refractivity contribution < 1.29 is 14.3 Å². The SMILES string of the molecule is COC(=O)C1(NC(=O)Cc2ccc(C)cc2C)CCCCC1. The van der Waals surface area contributed by atoms with Crippen molar-refractivity contribution in [3.63, 3.8) is 0 Å². The molecule has 1 saturated carbocycles. The summed E-state index contributed by atoms with van der Waals surface area (Å²) in [4.78, 5) is 24.6. The van der Waals surface area contributed by atoms with Crippen molar-refractivity contribution in [3.8, 4) is 0 Å². The van der Waals surface area contributed by atoms with Gasteiger partial charge in [-0.15, -0.1) is 0 Å². The highest BCUT2D eigenvalue weighted by molar-refractivity contribution is 5.89. The van der Waals surface area contributed by atoms with Gasteiger partial charge in [0.25, 0.3) is 0 Å². The largest absolute Gasteiger partial charge is 0.467 e. The van der Waals surface area contributed by atoms with Crippen molar-refractivity contribution in [2.45, 2.75) is 57.9 Å². The molecule has 4 nitrogen and oxygen atoms in total. The Morgan fingerprint density at radius 3 is 2.45 bits per heavy atom. The van der Waals surface area contributed by atoms with Crippen molar-refractivity contribution >= 4 is 11.9 Å². The first-order valence-corrected chi connectivity index (χ1v) is 7.92. The van der Waals surface area contributed by atoms with Crippen molar-refractivity contribution in [2.24, 2.45) is 0 Å². The molecule has 0 spiro atoms. The predicted molar refractivity (Wildman–Crippen MR) is 85.6 cm³/mol. The Kier molecular flexibility index (Phi) is 5.22. The Hall–Kier alpha value is -1.84. The average molecular weight is 303 g/mol. The molecule has 22 heavy (non-hydrogen) atoms. The molecule has 1 fully saturated rings. The maximum absolute atomic E-state index is 12.4. The van der Waals surface area contributed by atoms with Gasteiger partial charge in [-0.2, -0.15) is 0 Å². The minimum Gasteiger partial charge on any atom is -0.467 e. The number of amides is 1. The summed E-state index contributed by atoms with van der Waals surface area (Å²) < 4.78 is 4.93. The zero-order valence-corrected chi connectivity index (χ0v) is 13.7. The van der Waals surface area contributed by atoms with Crippen LogP contribution in [0.3, 0.4) is 0 Å². The first-order valence-electron chi connectivity index (χ1n) is 7.92. The smallest absolute Gasteiger partial charge is 0.331 e. The first kappa shape index (κ1) is 16.5. The Bertz CT molecular complexity index is 559.